The minimum atomic E-state index is -2.58. The molecule has 7 heteroatoms. The molecule has 0 saturated heterocycles. The molecule has 15 heavy (non-hydrogen) atoms. The van der Waals surface area contributed by atoms with E-state index in [1.807, 2.05) is 0 Å². The quantitative estimate of drug-likeness (QED) is 0.586. The van der Waals surface area contributed by atoms with E-state index >= 15 is 0 Å². The molecule has 0 aliphatic carbocycles. The number of esters is 1. The Hall–Kier alpha value is -0.580. The van der Waals surface area contributed by atoms with Crippen molar-refractivity contribution in [3.05, 3.63) is 0 Å². The molecule has 0 fully saturated rings. The highest BCUT2D eigenvalue weighted by Gasteiger charge is 2.41. The molecular weight excluding hydrogens is 226 g/mol. The number of ether oxygens (including phenoxy) is 1. The highest BCUT2D eigenvalue weighted by atomic mass is 31.1. The third-order valence-electron chi connectivity index (χ3n) is 0.923. The van der Waals surface area contributed by atoms with Gasteiger partial charge in [0.2, 0.25) is 0 Å². The summed E-state index contributed by atoms with van der Waals surface area (Å²) < 4.78 is 32.1. The molecule has 2 atom stereocenters. The molecule has 0 rings (SSSR count). The van der Waals surface area contributed by atoms with E-state index in [0.717, 1.165) is 0 Å². The van der Waals surface area contributed by atoms with Gasteiger partial charge in [0, 0.05) is 6.61 Å². The minimum Gasteiger partial charge on any atom is -0.460 e. The number of aliphatic hydroxyl groups is 1. The molecule has 0 radical (unpaired) electrons. The van der Waals surface area contributed by atoms with E-state index in [1.54, 1.807) is 20.8 Å². The number of carbonyl (C=O) groups is 1. The fourth-order valence-corrected chi connectivity index (χ4v) is 1.12. The van der Waals surface area contributed by atoms with Crippen LogP contribution < -0.4 is 0 Å². The second-order valence-electron chi connectivity index (χ2n) is 2.11. The second kappa shape index (κ2) is 11.5. The number of halogens is 1. The molecule has 0 aromatic carbocycles. The summed E-state index contributed by atoms with van der Waals surface area (Å²) >= 11 is 0. The lowest BCUT2D eigenvalue weighted by Crippen LogP contribution is -2.15. The van der Waals surface area contributed by atoms with Crippen molar-refractivity contribution in [2.24, 2.45) is 0 Å². The first-order chi connectivity index (χ1) is 7.04. The van der Waals surface area contributed by atoms with Crippen LogP contribution in [0.1, 0.15) is 20.8 Å². The van der Waals surface area contributed by atoms with Gasteiger partial charge in [0.25, 0.3) is 0 Å². The average Bonchev–Trinajstić information content (AvgIpc) is 2.18. The number of alkyl halides is 1. The Kier molecular flexibility index (Phi) is 12.9. The normalized spacial score (nSPS) is 12.2. The molecule has 2 unspecified atom stereocenters. The van der Waals surface area contributed by atoms with Crippen LogP contribution in [0.2, 0.25) is 0 Å². The predicted octanol–water partition coefficient (Wildman–Crippen LogP) is 1.62. The molecule has 0 aromatic rings. The van der Waals surface area contributed by atoms with Crippen LogP contribution in [-0.4, -0.2) is 36.8 Å². The van der Waals surface area contributed by atoms with Gasteiger partial charge in [-0.3, -0.25) is 0 Å². The van der Waals surface area contributed by atoms with Crippen molar-refractivity contribution >= 4 is 14.0 Å². The standard InChI is InChI=1S/C6H11FO4P.C2H6O/c1-3-10-6(8)5(7)12(9)11-4-2;1-2-3/h5H,3-4H2,1-2H3;3H,2H2,1H3/q+1;. The van der Waals surface area contributed by atoms with Gasteiger partial charge in [0.1, 0.15) is 0 Å². The zero-order valence-corrected chi connectivity index (χ0v) is 10.00. The van der Waals surface area contributed by atoms with E-state index in [9.17, 15) is 13.8 Å². The van der Waals surface area contributed by atoms with Crippen molar-refractivity contribution in [1.29, 1.82) is 0 Å². The smallest absolute Gasteiger partial charge is 0.460 e. The topological polar surface area (TPSA) is 72.8 Å². The van der Waals surface area contributed by atoms with Crippen LogP contribution in [0.4, 0.5) is 4.39 Å². The van der Waals surface area contributed by atoms with Crippen LogP contribution in [0.3, 0.4) is 0 Å². The largest absolute Gasteiger partial charge is 0.557 e. The van der Waals surface area contributed by atoms with Crippen molar-refractivity contribution in [1.82, 2.24) is 0 Å². The van der Waals surface area contributed by atoms with Crippen LogP contribution in [0, 0.1) is 0 Å². The van der Waals surface area contributed by atoms with Crippen molar-refractivity contribution in [3.63, 3.8) is 0 Å². The molecular formula is C8H17FO5P+. The Balaban J connectivity index is 0. The lowest BCUT2D eigenvalue weighted by Gasteiger charge is -1.96. The van der Waals surface area contributed by atoms with E-state index in [-0.39, 0.29) is 19.8 Å². The van der Waals surface area contributed by atoms with Crippen LogP contribution in [0.25, 0.3) is 0 Å². The predicted molar refractivity (Wildman–Crippen MR) is 53.5 cm³/mol. The van der Waals surface area contributed by atoms with Gasteiger partial charge in [-0.2, -0.15) is 4.39 Å². The summed E-state index contributed by atoms with van der Waals surface area (Å²) in [5, 5.41) is 7.57. The summed E-state index contributed by atoms with van der Waals surface area (Å²) in [6, 6.07) is 0. The Morgan fingerprint density at radius 3 is 2.20 bits per heavy atom. The molecule has 0 amide bonds. The summed E-state index contributed by atoms with van der Waals surface area (Å²) in [7, 11) is -2.58. The van der Waals surface area contributed by atoms with Gasteiger partial charge < -0.3 is 9.84 Å². The molecule has 1 N–H and O–H groups in total. The third kappa shape index (κ3) is 9.72. The van der Waals surface area contributed by atoms with Crippen molar-refractivity contribution in [2.45, 2.75) is 26.7 Å². The van der Waals surface area contributed by atoms with Crippen molar-refractivity contribution in [2.75, 3.05) is 19.8 Å². The van der Waals surface area contributed by atoms with Gasteiger partial charge in [-0.25, -0.2) is 4.79 Å². The molecule has 0 saturated carbocycles. The molecule has 0 aromatic heterocycles. The van der Waals surface area contributed by atoms with E-state index < -0.39 is 19.9 Å². The summed E-state index contributed by atoms with van der Waals surface area (Å²) in [4.78, 5) is 10.6. The summed E-state index contributed by atoms with van der Waals surface area (Å²) in [5.74, 6) is -3.30. The van der Waals surface area contributed by atoms with Gasteiger partial charge in [0.05, 0.1) is 13.2 Å². The second-order valence-corrected chi connectivity index (χ2v) is 3.39. The summed E-state index contributed by atoms with van der Waals surface area (Å²) in [5.41, 5.74) is 0. The first kappa shape index (κ1) is 16.8. The van der Waals surface area contributed by atoms with Crippen LogP contribution in [0.5, 0.6) is 0 Å². The Bertz CT molecular complexity index is 170. The van der Waals surface area contributed by atoms with Crippen LogP contribution >= 0.6 is 8.03 Å². The fraction of sp³-hybridized carbons (Fsp3) is 0.875. The van der Waals surface area contributed by atoms with E-state index in [0.29, 0.717) is 0 Å². The maximum atomic E-state index is 12.7. The van der Waals surface area contributed by atoms with E-state index in [4.69, 9.17) is 5.11 Å². The van der Waals surface area contributed by atoms with Crippen molar-refractivity contribution < 1.29 is 28.1 Å². The SMILES string of the molecule is CCO.CCOC(=O)C(F)[P+](=O)OCC. The number of aliphatic hydroxyl groups excluding tert-OH is 1. The lowest BCUT2D eigenvalue weighted by atomic mass is 10.7. The number of carbonyl (C=O) groups excluding carboxylic acids is 1. The first-order valence-corrected chi connectivity index (χ1v) is 5.80. The fourth-order valence-electron chi connectivity index (χ4n) is 0.490. The Morgan fingerprint density at radius 2 is 1.87 bits per heavy atom. The van der Waals surface area contributed by atoms with Gasteiger partial charge >= 0.3 is 19.9 Å². The molecule has 0 heterocycles. The van der Waals surface area contributed by atoms with Crippen LogP contribution in [0.15, 0.2) is 0 Å². The molecule has 0 bridgehead atoms. The molecule has 0 aliphatic rings. The van der Waals surface area contributed by atoms with Gasteiger partial charge in [-0.15, -0.1) is 4.52 Å². The van der Waals surface area contributed by atoms with E-state index in [1.165, 1.54) is 0 Å². The average molecular weight is 243 g/mol. The van der Waals surface area contributed by atoms with Gasteiger partial charge in [-0.1, -0.05) is 0 Å². The van der Waals surface area contributed by atoms with Gasteiger partial charge in [0.15, 0.2) is 0 Å². The third-order valence-corrected chi connectivity index (χ3v) is 2.02. The summed E-state index contributed by atoms with van der Waals surface area (Å²) in [6.45, 7) is 5.20. The number of hydrogen-bond acceptors (Lipinski definition) is 5. The van der Waals surface area contributed by atoms with Crippen molar-refractivity contribution in [3.8, 4) is 0 Å². The van der Waals surface area contributed by atoms with Crippen LogP contribution in [-0.2, 0) is 18.6 Å². The van der Waals surface area contributed by atoms with E-state index in [2.05, 4.69) is 9.26 Å². The maximum Gasteiger partial charge on any atom is 0.557 e. The maximum absolute atomic E-state index is 12.7. The highest BCUT2D eigenvalue weighted by Crippen LogP contribution is 2.30. The minimum absolute atomic E-state index is 0.0640. The lowest BCUT2D eigenvalue weighted by molar-refractivity contribution is -0.146. The molecule has 90 valence electrons. The first-order valence-electron chi connectivity index (χ1n) is 4.55. The zero-order chi connectivity index (χ0) is 12.3. The molecule has 0 spiro atoms. The molecule has 5 nitrogen and oxygen atoms in total. The zero-order valence-electron chi connectivity index (χ0n) is 9.10. The number of hydrogen-bond donors (Lipinski definition) is 1. The Morgan fingerprint density at radius 1 is 1.40 bits per heavy atom. The molecule has 0 aliphatic heterocycles. The van der Waals surface area contributed by atoms with Gasteiger partial charge in [-0.05, 0) is 25.3 Å². The Labute approximate surface area is 89.4 Å². The monoisotopic (exact) mass is 243 g/mol. The highest BCUT2D eigenvalue weighted by molar-refractivity contribution is 7.41. The summed E-state index contributed by atoms with van der Waals surface area (Å²) in [6.07, 6.45) is 0. The number of rotatable bonds is 5.